The Morgan fingerprint density at radius 1 is 0.560 bits per heavy atom. The van der Waals surface area contributed by atoms with Crippen LogP contribution in [0.3, 0.4) is 0 Å². The van der Waals surface area contributed by atoms with Gasteiger partial charge < -0.3 is 29.2 Å². The SMILES string of the molecule is CN(C)CCNC1=CC(=O)c2nc(COc3ccc(OCc4ccccc4)cc3)c(COc3ccc(OCc4ccccc4)cc3)nc2C1=O. The molecule has 0 aliphatic heterocycles. The molecule has 1 heterocycles. The van der Waals surface area contributed by atoms with Crippen molar-refractivity contribution in [2.45, 2.75) is 26.4 Å². The fourth-order valence-electron chi connectivity index (χ4n) is 5.05. The van der Waals surface area contributed by atoms with E-state index >= 15 is 0 Å². The van der Waals surface area contributed by atoms with E-state index in [0.717, 1.165) is 11.1 Å². The summed E-state index contributed by atoms with van der Waals surface area (Å²) < 4.78 is 23.9. The second-order valence-electron chi connectivity index (χ2n) is 11.9. The van der Waals surface area contributed by atoms with Crippen molar-refractivity contribution in [1.82, 2.24) is 20.2 Å². The molecule has 10 nitrogen and oxygen atoms in total. The van der Waals surface area contributed by atoms with Crippen LogP contribution in [0.1, 0.15) is 43.5 Å². The molecular formula is C40H38N4O6. The molecule has 1 N–H and O–H groups in total. The highest BCUT2D eigenvalue weighted by molar-refractivity contribution is 6.22. The number of ether oxygens (including phenoxy) is 4. The van der Waals surface area contributed by atoms with E-state index in [1.165, 1.54) is 6.08 Å². The van der Waals surface area contributed by atoms with Crippen LogP contribution in [0.25, 0.3) is 0 Å². The molecule has 10 heteroatoms. The fourth-order valence-corrected chi connectivity index (χ4v) is 5.05. The highest BCUT2D eigenvalue weighted by atomic mass is 16.5. The lowest BCUT2D eigenvalue weighted by Gasteiger charge is -2.19. The largest absolute Gasteiger partial charge is 0.489 e. The molecule has 1 aromatic heterocycles. The predicted molar refractivity (Wildman–Crippen MR) is 188 cm³/mol. The van der Waals surface area contributed by atoms with E-state index in [-0.39, 0.29) is 30.3 Å². The van der Waals surface area contributed by atoms with Gasteiger partial charge in [0, 0.05) is 19.2 Å². The standard InChI is InChI=1S/C40H38N4O6/c1-44(2)22-21-41-34-23-37(45)38-39(40(34)46)43-36(27-50-33-19-15-31(16-20-33)48-25-29-11-7-4-8-12-29)35(42-38)26-49-32-17-13-30(14-18-32)47-24-28-9-5-3-6-10-28/h3-20,23,41H,21-22,24-27H2,1-2H3. The number of benzene rings is 4. The first-order valence-electron chi connectivity index (χ1n) is 16.3. The molecule has 0 saturated carbocycles. The maximum atomic E-state index is 13.4. The molecule has 4 aromatic carbocycles. The third-order valence-corrected chi connectivity index (χ3v) is 7.79. The molecule has 1 aliphatic carbocycles. The molecule has 0 amide bonds. The highest BCUT2D eigenvalue weighted by Crippen LogP contribution is 2.24. The Labute approximate surface area is 291 Å². The van der Waals surface area contributed by atoms with Gasteiger partial charge in [-0.05, 0) is 73.8 Å². The maximum absolute atomic E-state index is 13.4. The summed E-state index contributed by atoms with van der Waals surface area (Å²) in [6.07, 6.45) is 1.28. The first-order chi connectivity index (χ1) is 24.4. The Morgan fingerprint density at radius 3 is 1.42 bits per heavy atom. The quantitative estimate of drug-likeness (QED) is 0.130. The van der Waals surface area contributed by atoms with Crippen LogP contribution in [-0.4, -0.2) is 53.6 Å². The number of nitrogens with zero attached hydrogens (tertiary/aromatic N) is 3. The monoisotopic (exact) mass is 670 g/mol. The van der Waals surface area contributed by atoms with Gasteiger partial charge in [0.05, 0.1) is 5.70 Å². The van der Waals surface area contributed by atoms with E-state index in [0.29, 0.717) is 60.7 Å². The normalized spacial score (nSPS) is 12.3. The molecule has 0 fully saturated rings. The summed E-state index contributed by atoms with van der Waals surface area (Å²) in [5, 5.41) is 3.06. The highest BCUT2D eigenvalue weighted by Gasteiger charge is 2.30. The number of Topliss-reactive ketones (excluding diaryl/α,β-unsaturated/α-hetero) is 1. The number of ketones is 2. The Bertz CT molecular complexity index is 1930. The molecule has 6 rings (SSSR count). The van der Waals surface area contributed by atoms with Crippen molar-refractivity contribution >= 4 is 11.6 Å². The van der Waals surface area contributed by atoms with Gasteiger partial charge in [-0.3, -0.25) is 9.59 Å². The molecule has 5 aromatic rings. The third-order valence-electron chi connectivity index (χ3n) is 7.79. The minimum absolute atomic E-state index is 0.00537. The van der Waals surface area contributed by atoms with Crippen molar-refractivity contribution in [2.75, 3.05) is 27.2 Å². The number of rotatable bonds is 16. The van der Waals surface area contributed by atoms with E-state index < -0.39 is 11.6 Å². The van der Waals surface area contributed by atoms with Crippen LogP contribution in [-0.2, 0) is 26.4 Å². The second kappa shape index (κ2) is 16.4. The molecule has 0 saturated heterocycles. The van der Waals surface area contributed by atoms with E-state index in [4.69, 9.17) is 18.9 Å². The van der Waals surface area contributed by atoms with Gasteiger partial charge in [-0.2, -0.15) is 0 Å². The fraction of sp³-hybridized carbons (Fsp3) is 0.200. The predicted octanol–water partition coefficient (Wildman–Crippen LogP) is 6.21. The van der Waals surface area contributed by atoms with Gasteiger partial charge in [-0.15, -0.1) is 0 Å². The van der Waals surface area contributed by atoms with E-state index in [1.807, 2.05) is 104 Å². The number of likely N-dealkylation sites (N-methyl/N-ethyl adjacent to an activating group) is 1. The summed E-state index contributed by atoms with van der Waals surface area (Å²) in [4.78, 5) is 37.8. The zero-order valence-electron chi connectivity index (χ0n) is 28.0. The van der Waals surface area contributed by atoms with Crippen molar-refractivity contribution in [3.05, 3.63) is 155 Å². The zero-order valence-corrected chi connectivity index (χ0v) is 28.0. The number of hydrogen-bond donors (Lipinski definition) is 1. The molecular weight excluding hydrogens is 632 g/mol. The van der Waals surface area contributed by atoms with Crippen LogP contribution in [0.2, 0.25) is 0 Å². The Hall–Kier alpha value is -6.00. The average Bonchev–Trinajstić information content (AvgIpc) is 3.15. The number of carbonyl (C=O) groups excluding carboxylic acids is 2. The van der Waals surface area contributed by atoms with E-state index in [9.17, 15) is 9.59 Å². The van der Waals surface area contributed by atoms with Crippen molar-refractivity contribution in [3.8, 4) is 23.0 Å². The average molecular weight is 671 g/mol. The van der Waals surface area contributed by atoms with Gasteiger partial charge in [0.15, 0.2) is 0 Å². The molecule has 1 aliphatic rings. The smallest absolute Gasteiger partial charge is 0.229 e. The number of hydrogen-bond acceptors (Lipinski definition) is 10. The van der Waals surface area contributed by atoms with Crippen LogP contribution >= 0.6 is 0 Å². The first kappa shape index (κ1) is 33.9. The lowest BCUT2D eigenvalue weighted by molar-refractivity contribution is 0.0969. The van der Waals surface area contributed by atoms with Gasteiger partial charge in [0.2, 0.25) is 11.6 Å². The van der Waals surface area contributed by atoms with Gasteiger partial charge in [-0.25, -0.2) is 9.97 Å². The van der Waals surface area contributed by atoms with Crippen LogP contribution in [0.5, 0.6) is 23.0 Å². The summed E-state index contributed by atoms with van der Waals surface area (Å²) in [6, 6.07) is 34.3. The van der Waals surface area contributed by atoms with Gasteiger partial charge >= 0.3 is 0 Å². The first-order valence-corrected chi connectivity index (χ1v) is 16.3. The molecule has 0 unspecified atom stereocenters. The zero-order chi connectivity index (χ0) is 34.7. The number of aromatic nitrogens is 2. The number of carbonyl (C=O) groups is 2. The number of fused-ring (bicyclic) bond motifs is 1. The van der Waals surface area contributed by atoms with Crippen LogP contribution in [0, 0.1) is 0 Å². The summed E-state index contributed by atoms with van der Waals surface area (Å²) in [6.45, 7) is 2.06. The van der Waals surface area contributed by atoms with E-state index in [1.54, 1.807) is 24.3 Å². The minimum Gasteiger partial charge on any atom is -0.489 e. The van der Waals surface area contributed by atoms with Crippen molar-refractivity contribution in [1.29, 1.82) is 0 Å². The number of allylic oxidation sites excluding steroid dienone is 2. The van der Waals surface area contributed by atoms with Crippen LogP contribution in [0.15, 0.2) is 121 Å². The molecule has 0 bridgehead atoms. The summed E-state index contributed by atoms with van der Waals surface area (Å²) >= 11 is 0. The molecule has 0 radical (unpaired) electrons. The topological polar surface area (TPSA) is 112 Å². The van der Waals surface area contributed by atoms with Gasteiger partial charge in [0.1, 0.15) is 72.2 Å². The third kappa shape index (κ3) is 9.12. The van der Waals surface area contributed by atoms with Crippen molar-refractivity contribution in [3.63, 3.8) is 0 Å². The van der Waals surface area contributed by atoms with Crippen LogP contribution in [0.4, 0.5) is 0 Å². The molecule has 50 heavy (non-hydrogen) atoms. The summed E-state index contributed by atoms with van der Waals surface area (Å²) in [7, 11) is 3.86. The van der Waals surface area contributed by atoms with E-state index in [2.05, 4.69) is 15.3 Å². The number of nitrogens with one attached hydrogen (secondary N) is 1. The Morgan fingerprint density at radius 2 is 0.980 bits per heavy atom. The maximum Gasteiger partial charge on any atom is 0.229 e. The summed E-state index contributed by atoms with van der Waals surface area (Å²) in [5.41, 5.74) is 3.06. The van der Waals surface area contributed by atoms with Crippen molar-refractivity contribution < 1.29 is 28.5 Å². The van der Waals surface area contributed by atoms with Gasteiger partial charge in [0.25, 0.3) is 0 Å². The molecule has 0 spiro atoms. The Kier molecular flexibility index (Phi) is 11.1. The minimum atomic E-state index is -0.404. The van der Waals surface area contributed by atoms with Crippen LogP contribution < -0.4 is 24.3 Å². The molecule has 0 atom stereocenters. The molecule has 254 valence electrons. The second-order valence-corrected chi connectivity index (χ2v) is 11.9. The Balaban J connectivity index is 1.16. The lowest BCUT2D eigenvalue weighted by Crippen LogP contribution is -2.33. The summed E-state index contributed by atoms with van der Waals surface area (Å²) in [5.74, 6) is 1.74. The van der Waals surface area contributed by atoms with Gasteiger partial charge in [-0.1, -0.05) is 60.7 Å². The van der Waals surface area contributed by atoms with Crippen molar-refractivity contribution in [2.24, 2.45) is 0 Å². The lowest BCUT2D eigenvalue weighted by atomic mass is 10.0.